The first-order valence-corrected chi connectivity index (χ1v) is 10.8. The van der Waals surface area contributed by atoms with Crippen molar-refractivity contribution >= 4 is 23.8 Å². The molecule has 6 heteroatoms. The summed E-state index contributed by atoms with van der Waals surface area (Å²) < 4.78 is 12.0. The monoisotopic (exact) mass is 378 g/mol. The Balaban J connectivity index is 2.92. The van der Waals surface area contributed by atoms with Gasteiger partial charge in [0, 0.05) is 12.4 Å². The van der Waals surface area contributed by atoms with E-state index in [4.69, 9.17) is 14.0 Å². The van der Waals surface area contributed by atoms with E-state index in [2.05, 4.69) is 6.58 Å². The van der Waals surface area contributed by atoms with Crippen LogP contribution in [0.5, 0.6) is 0 Å². The Hall–Kier alpha value is 0.280. The van der Waals surface area contributed by atoms with E-state index in [1.807, 2.05) is 20.8 Å². The summed E-state index contributed by atoms with van der Waals surface area (Å²) in [5, 5.41) is 20.5. The van der Waals surface area contributed by atoms with Crippen molar-refractivity contribution in [1.82, 2.24) is 0 Å². The zero-order valence-corrected chi connectivity index (χ0v) is 17.0. The summed E-state index contributed by atoms with van der Waals surface area (Å²) in [5.74, 6) is 1.87. The second-order valence-corrected chi connectivity index (χ2v) is 9.02. The first-order chi connectivity index (χ1) is 11.3. The van der Waals surface area contributed by atoms with E-state index in [-0.39, 0.29) is 12.9 Å². The summed E-state index contributed by atoms with van der Waals surface area (Å²) in [5.41, 5.74) is 0.172. The molecule has 0 amide bonds. The summed E-state index contributed by atoms with van der Waals surface area (Å²) >= 11 is 3.15. The van der Waals surface area contributed by atoms with Gasteiger partial charge in [-0.2, -0.15) is 0 Å². The molecule has 4 nitrogen and oxygen atoms in total. The zero-order chi connectivity index (χ0) is 18.1. The van der Waals surface area contributed by atoms with Crippen LogP contribution in [0.25, 0.3) is 0 Å². The molecular formula is C18H34O4S2. The molecule has 0 aliphatic carbocycles. The van der Waals surface area contributed by atoms with E-state index in [1.54, 1.807) is 11.8 Å². The van der Waals surface area contributed by atoms with Gasteiger partial charge in [-0.25, -0.2) is 0 Å². The van der Waals surface area contributed by atoms with Crippen molar-refractivity contribution in [2.75, 3.05) is 18.1 Å². The van der Waals surface area contributed by atoms with Gasteiger partial charge >= 0.3 is 0 Å². The van der Waals surface area contributed by atoms with E-state index in [9.17, 15) is 5.11 Å². The topological polar surface area (TPSA) is 58.9 Å². The van der Waals surface area contributed by atoms with Crippen molar-refractivity contribution in [3.8, 4) is 0 Å². The van der Waals surface area contributed by atoms with Crippen molar-refractivity contribution in [3.05, 3.63) is 12.2 Å². The number of allylic oxidation sites excluding steroid dienone is 1. The van der Waals surface area contributed by atoms with Crippen molar-refractivity contribution in [3.63, 3.8) is 0 Å². The Bertz CT molecular complexity index is 376. The van der Waals surface area contributed by atoms with Gasteiger partial charge in [-0.15, -0.1) is 18.3 Å². The largest absolute Gasteiger partial charge is 0.396 e. The molecule has 24 heavy (non-hydrogen) atoms. The van der Waals surface area contributed by atoms with Gasteiger partial charge in [-0.05, 0) is 83.5 Å². The first-order valence-electron chi connectivity index (χ1n) is 8.91. The molecule has 3 atom stereocenters. The van der Waals surface area contributed by atoms with Crippen LogP contribution in [0.4, 0.5) is 0 Å². The maximum absolute atomic E-state index is 11.3. The van der Waals surface area contributed by atoms with Crippen LogP contribution in [-0.2, 0) is 8.92 Å². The van der Waals surface area contributed by atoms with Gasteiger partial charge in [0.1, 0.15) is 10.5 Å². The van der Waals surface area contributed by atoms with Crippen LogP contribution in [0.1, 0.15) is 65.7 Å². The van der Waals surface area contributed by atoms with Gasteiger partial charge in [0.15, 0.2) is 6.29 Å². The van der Waals surface area contributed by atoms with Crippen LogP contribution in [0.3, 0.4) is 0 Å². The molecular weight excluding hydrogens is 344 g/mol. The molecule has 1 fully saturated rings. The van der Waals surface area contributed by atoms with Gasteiger partial charge in [0.25, 0.3) is 0 Å². The molecule has 1 aliphatic rings. The molecule has 1 heterocycles. The summed E-state index contributed by atoms with van der Waals surface area (Å²) in [6.07, 6.45) is 5.35. The van der Waals surface area contributed by atoms with Crippen molar-refractivity contribution in [2.45, 2.75) is 82.5 Å². The highest BCUT2D eigenvalue weighted by atomic mass is 32.2. The molecule has 3 unspecified atom stereocenters. The van der Waals surface area contributed by atoms with Gasteiger partial charge < -0.3 is 14.9 Å². The lowest BCUT2D eigenvalue weighted by molar-refractivity contribution is -0.193. The maximum Gasteiger partial charge on any atom is 0.169 e. The number of hydrogen-bond acceptors (Lipinski definition) is 6. The van der Waals surface area contributed by atoms with Crippen LogP contribution < -0.4 is 0 Å². The van der Waals surface area contributed by atoms with E-state index in [1.165, 1.54) is 12.0 Å². The maximum atomic E-state index is 11.3. The molecule has 0 spiro atoms. The molecule has 0 aromatic rings. The van der Waals surface area contributed by atoms with Crippen LogP contribution in [0.2, 0.25) is 0 Å². The lowest BCUT2D eigenvalue weighted by Crippen LogP contribution is -2.53. The number of unbranched alkanes of at least 4 members (excludes halogenated alkanes) is 1. The first kappa shape index (κ1) is 22.3. The normalized spacial score (nSPS) is 28.5. The van der Waals surface area contributed by atoms with Crippen LogP contribution >= 0.6 is 23.8 Å². The lowest BCUT2D eigenvalue weighted by Gasteiger charge is -2.46. The average Bonchev–Trinajstić information content (AvgIpc) is 2.58. The Morgan fingerprint density at radius 1 is 1.33 bits per heavy atom. The SMILES string of the molecule is C=C(C)CCCC(C)(O)C1(CCCCO)OC(C)OSCCCS1. The fourth-order valence-corrected chi connectivity index (χ4v) is 5.19. The van der Waals surface area contributed by atoms with Gasteiger partial charge in [0.2, 0.25) is 0 Å². The third kappa shape index (κ3) is 7.26. The molecule has 0 saturated carbocycles. The van der Waals surface area contributed by atoms with Crippen LogP contribution in [0.15, 0.2) is 12.2 Å². The highest BCUT2D eigenvalue weighted by Crippen LogP contribution is 2.46. The van der Waals surface area contributed by atoms with E-state index in [0.29, 0.717) is 12.8 Å². The molecule has 0 aromatic heterocycles. The molecule has 1 rings (SSSR count). The Morgan fingerprint density at radius 3 is 2.75 bits per heavy atom. The fourth-order valence-electron chi connectivity index (χ4n) is 2.90. The van der Waals surface area contributed by atoms with Crippen LogP contribution in [0, 0.1) is 0 Å². The fraction of sp³-hybridized carbons (Fsp3) is 0.889. The molecule has 0 bridgehead atoms. The zero-order valence-electron chi connectivity index (χ0n) is 15.4. The Labute approximate surface area is 156 Å². The standard InChI is InChI=1S/C18H34O4S2/c1-15(2)9-7-10-17(4,20)18(11-5-6-12-19)21-16(3)22-24-14-8-13-23-18/h16,19-20H,1,5-14H2,2-4H3. The summed E-state index contributed by atoms with van der Waals surface area (Å²) in [6, 6.07) is 0. The Morgan fingerprint density at radius 2 is 2.08 bits per heavy atom. The van der Waals surface area contributed by atoms with E-state index in [0.717, 1.165) is 49.2 Å². The summed E-state index contributed by atoms with van der Waals surface area (Å²) in [4.78, 5) is -0.707. The quantitative estimate of drug-likeness (QED) is 0.350. The van der Waals surface area contributed by atoms with E-state index < -0.39 is 10.5 Å². The minimum Gasteiger partial charge on any atom is -0.396 e. The third-order valence-electron chi connectivity index (χ3n) is 4.27. The van der Waals surface area contributed by atoms with E-state index >= 15 is 0 Å². The number of rotatable bonds is 9. The van der Waals surface area contributed by atoms with Crippen molar-refractivity contribution < 1.29 is 19.1 Å². The highest BCUT2D eigenvalue weighted by Gasteiger charge is 2.49. The lowest BCUT2D eigenvalue weighted by atomic mass is 9.88. The average molecular weight is 379 g/mol. The third-order valence-corrected chi connectivity index (χ3v) is 6.83. The number of aliphatic hydroxyl groups excluding tert-OH is 1. The predicted molar refractivity (Wildman–Crippen MR) is 104 cm³/mol. The second kappa shape index (κ2) is 11.1. The minimum absolute atomic E-state index is 0.167. The summed E-state index contributed by atoms with van der Waals surface area (Å²) in [7, 11) is 0. The van der Waals surface area contributed by atoms with Gasteiger partial charge in [-0.3, -0.25) is 4.18 Å². The molecule has 142 valence electrons. The molecule has 2 N–H and O–H groups in total. The van der Waals surface area contributed by atoms with Crippen molar-refractivity contribution in [1.29, 1.82) is 0 Å². The van der Waals surface area contributed by atoms with Crippen molar-refractivity contribution in [2.24, 2.45) is 0 Å². The smallest absolute Gasteiger partial charge is 0.169 e. The molecule has 0 radical (unpaired) electrons. The Kier molecular flexibility index (Phi) is 10.3. The summed E-state index contributed by atoms with van der Waals surface area (Å²) in [6.45, 7) is 9.91. The highest BCUT2D eigenvalue weighted by molar-refractivity contribution is 8.00. The number of ether oxygens (including phenoxy) is 1. The van der Waals surface area contributed by atoms with Gasteiger partial charge in [0.05, 0.1) is 0 Å². The van der Waals surface area contributed by atoms with Crippen LogP contribution in [-0.4, -0.2) is 45.1 Å². The van der Waals surface area contributed by atoms with Gasteiger partial charge in [-0.1, -0.05) is 5.57 Å². The molecule has 0 aromatic carbocycles. The molecule has 1 aliphatic heterocycles. The predicted octanol–water partition coefficient (Wildman–Crippen LogP) is 4.51. The number of aliphatic hydroxyl groups is 2. The number of hydrogen-bond donors (Lipinski definition) is 2. The second-order valence-electron chi connectivity index (χ2n) is 6.82. The number of thioether (sulfide) groups is 1. The minimum atomic E-state index is -0.963. The molecule has 1 saturated heterocycles.